The Bertz CT molecular complexity index is 530. The van der Waals surface area contributed by atoms with Crippen molar-refractivity contribution < 1.29 is 19.0 Å². The first-order valence-electron chi connectivity index (χ1n) is 7.10. The second-order valence-electron chi connectivity index (χ2n) is 5.19. The van der Waals surface area contributed by atoms with Crippen LogP contribution in [-0.2, 0) is 4.79 Å². The Hall–Kier alpha value is -1.88. The molecule has 2 unspecified atom stereocenters. The molecule has 0 radical (unpaired) electrons. The third-order valence-electron chi connectivity index (χ3n) is 3.66. The molecule has 4 nitrogen and oxygen atoms in total. The summed E-state index contributed by atoms with van der Waals surface area (Å²) in [6, 6.07) is 4.20. The van der Waals surface area contributed by atoms with E-state index in [1.54, 1.807) is 12.1 Å². The van der Waals surface area contributed by atoms with Crippen molar-refractivity contribution in [3.8, 4) is 5.75 Å². The molecule has 0 aliphatic heterocycles. The largest absolute Gasteiger partial charge is 0.494 e. The van der Waals surface area contributed by atoms with Crippen LogP contribution in [0, 0.1) is 5.82 Å². The van der Waals surface area contributed by atoms with E-state index in [1.807, 2.05) is 0 Å². The predicted molar refractivity (Wildman–Crippen MR) is 78.4 cm³/mol. The minimum absolute atomic E-state index is 0.139. The number of hydrogen-bond acceptors (Lipinski definition) is 3. The summed E-state index contributed by atoms with van der Waals surface area (Å²) in [6.45, 7) is 0. The maximum absolute atomic E-state index is 13.3. The number of aliphatic hydroxyl groups is 1. The molecule has 1 aliphatic carbocycles. The van der Waals surface area contributed by atoms with E-state index < -0.39 is 11.9 Å². The van der Waals surface area contributed by atoms with Gasteiger partial charge in [-0.05, 0) is 36.6 Å². The van der Waals surface area contributed by atoms with Crippen molar-refractivity contribution in [3.05, 3.63) is 35.7 Å². The maximum Gasteiger partial charge on any atom is 0.244 e. The number of carbonyl (C=O) groups is 1. The molecule has 0 aromatic heterocycles. The molecule has 2 N–H and O–H groups in total. The molecule has 2 rings (SSSR count). The van der Waals surface area contributed by atoms with E-state index in [4.69, 9.17) is 4.74 Å². The number of aliphatic hydroxyl groups excluding tert-OH is 1. The standard InChI is InChI=1S/C16H20FNO3/c1-21-15-10-11(6-8-12(15)17)7-9-16(20)18-13-4-2-3-5-14(13)19/h6-10,13-14,19H,2-5H2,1H3,(H,18,20)/b9-7+. The number of nitrogens with one attached hydrogen (secondary N) is 1. The first-order valence-corrected chi connectivity index (χ1v) is 7.10. The topological polar surface area (TPSA) is 58.6 Å². The summed E-state index contributed by atoms with van der Waals surface area (Å²) in [5, 5.41) is 12.6. The van der Waals surface area contributed by atoms with Crippen LogP contribution < -0.4 is 10.1 Å². The van der Waals surface area contributed by atoms with Crippen molar-refractivity contribution in [1.29, 1.82) is 0 Å². The SMILES string of the molecule is COc1cc(/C=C/C(=O)NC2CCCCC2O)ccc1F. The van der Waals surface area contributed by atoms with Gasteiger partial charge in [0.05, 0.1) is 19.3 Å². The number of hydrogen-bond donors (Lipinski definition) is 2. The lowest BCUT2D eigenvalue weighted by Gasteiger charge is -2.27. The van der Waals surface area contributed by atoms with Gasteiger partial charge in [0, 0.05) is 6.08 Å². The maximum atomic E-state index is 13.3. The normalized spacial score (nSPS) is 22.2. The van der Waals surface area contributed by atoms with Crippen LogP contribution >= 0.6 is 0 Å². The van der Waals surface area contributed by atoms with Crippen molar-refractivity contribution in [2.24, 2.45) is 0 Å². The van der Waals surface area contributed by atoms with Gasteiger partial charge in [0.2, 0.25) is 5.91 Å². The van der Waals surface area contributed by atoms with Gasteiger partial charge < -0.3 is 15.2 Å². The Kier molecular flexibility index (Phi) is 5.33. The Morgan fingerprint density at radius 2 is 2.19 bits per heavy atom. The summed E-state index contributed by atoms with van der Waals surface area (Å²) in [5.41, 5.74) is 0.674. The lowest BCUT2D eigenvalue weighted by atomic mass is 9.92. The van der Waals surface area contributed by atoms with Gasteiger partial charge in [-0.3, -0.25) is 4.79 Å². The van der Waals surface area contributed by atoms with Crippen LogP contribution in [0.15, 0.2) is 24.3 Å². The summed E-state index contributed by atoms with van der Waals surface area (Å²) in [6.07, 6.45) is 6.04. The second-order valence-corrected chi connectivity index (χ2v) is 5.19. The highest BCUT2D eigenvalue weighted by Crippen LogP contribution is 2.20. The van der Waals surface area contributed by atoms with Gasteiger partial charge in [-0.1, -0.05) is 18.9 Å². The monoisotopic (exact) mass is 293 g/mol. The number of carbonyl (C=O) groups excluding carboxylic acids is 1. The summed E-state index contributed by atoms with van der Waals surface area (Å²) < 4.78 is 18.2. The number of ether oxygens (including phenoxy) is 1. The lowest BCUT2D eigenvalue weighted by molar-refractivity contribution is -0.118. The van der Waals surface area contributed by atoms with Crippen molar-refractivity contribution in [2.75, 3.05) is 7.11 Å². The molecule has 1 amide bonds. The highest BCUT2D eigenvalue weighted by molar-refractivity contribution is 5.92. The van der Waals surface area contributed by atoms with E-state index in [0.717, 1.165) is 25.7 Å². The van der Waals surface area contributed by atoms with E-state index in [9.17, 15) is 14.3 Å². The fourth-order valence-corrected chi connectivity index (χ4v) is 2.46. The Morgan fingerprint density at radius 3 is 2.90 bits per heavy atom. The Labute approximate surface area is 123 Å². The Balaban J connectivity index is 1.95. The van der Waals surface area contributed by atoms with Gasteiger partial charge in [0.15, 0.2) is 11.6 Å². The third-order valence-corrected chi connectivity index (χ3v) is 3.66. The summed E-state index contributed by atoms with van der Waals surface area (Å²) in [7, 11) is 1.39. The molecule has 5 heteroatoms. The zero-order valence-corrected chi connectivity index (χ0v) is 12.0. The lowest BCUT2D eigenvalue weighted by Crippen LogP contribution is -2.44. The minimum Gasteiger partial charge on any atom is -0.494 e. The summed E-state index contributed by atoms with van der Waals surface area (Å²) in [5.74, 6) is -0.561. The zero-order valence-electron chi connectivity index (χ0n) is 12.0. The molecule has 114 valence electrons. The molecule has 1 aromatic carbocycles. The quantitative estimate of drug-likeness (QED) is 0.837. The van der Waals surface area contributed by atoms with Crippen molar-refractivity contribution in [2.45, 2.75) is 37.8 Å². The van der Waals surface area contributed by atoms with Crippen LogP contribution in [0.3, 0.4) is 0 Å². The molecule has 2 atom stereocenters. The van der Waals surface area contributed by atoms with E-state index in [1.165, 1.54) is 25.3 Å². The van der Waals surface area contributed by atoms with E-state index >= 15 is 0 Å². The first-order chi connectivity index (χ1) is 10.1. The first kappa shape index (κ1) is 15.5. The average Bonchev–Trinajstić information content (AvgIpc) is 2.49. The molecular formula is C16H20FNO3. The fraction of sp³-hybridized carbons (Fsp3) is 0.438. The highest BCUT2D eigenvalue weighted by atomic mass is 19.1. The van der Waals surface area contributed by atoms with Crippen LogP contribution in [-0.4, -0.2) is 30.3 Å². The molecule has 0 bridgehead atoms. The van der Waals surface area contributed by atoms with Crippen molar-refractivity contribution in [1.82, 2.24) is 5.32 Å². The van der Waals surface area contributed by atoms with Crippen LogP contribution in [0.25, 0.3) is 6.08 Å². The smallest absolute Gasteiger partial charge is 0.244 e. The van der Waals surface area contributed by atoms with Crippen LogP contribution in [0.5, 0.6) is 5.75 Å². The predicted octanol–water partition coefficient (Wildman–Crippen LogP) is 2.27. The summed E-state index contributed by atoms with van der Waals surface area (Å²) >= 11 is 0. The molecule has 0 spiro atoms. The number of methoxy groups -OCH3 is 1. The molecule has 0 heterocycles. The second kappa shape index (κ2) is 7.22. The van der Waals surface area contributed by atoms with Gasteiger partial charge in [-0.2, -0.15) is 0 Å². The van der Waals surface area contributed by atoms with Gasteiger partial charge in [0.1, 0.15) is 0 Å². The van der Waals surface area contributed by atoms with Crippen LogP contribution in [0.1, 0.15) is 31.2 Å². The highest BCUT2D eigenvalue weighted by Gasteiger charge is 2.23. The number of rotatable bonds is 4. The molecule has 21 heavy (non-hydrogen) atoms. The molecule has 1 aromatic rings. The molecule has 1 fully saturated rings. The van der Waals surface area contributed by atoms with Gasteiger partial charge in [0.25, 0.3) is 0 Å². The number of halogens is 1. The van der Waals surface area contributed by atoms with Crippen molar-refractivity contribution in [3.63, 3.8) is 0 Å². The minimum atomic E-state index is -0.470. The van der Waals surface area contributed by atoms with Gasteiger partial charge >= 0.3 is 0 Å². The van der Waals surface area contributed by atoms with Crippen LogP contribution in [0.4, 0.5) is 4.39 Å². The third kappa shape index (κ3) is 4.29. The molecule has 1 saturated carbocycles. The summed E-state index contributed by atoms with van der Waals surface area (Å²) in [4.78, 5) is 11.8. The van der Waals surface area contributed by atoms with Gasteiger partial charge in [-0.25, -0.2) is 4.39 Å². The molecular weight excluding hydrogens is 273 g/mol. The van der Waals surface area contributed by atoms with E-state index in [2.05, 4.69) is 5.32 Å². The van der Waals surface area contributed by atoms with E-state index in [-0.39, 0.29) is 17.7 Å². The van der Waals surface area contributed by atoms with Crippen molar-refractivity contribution >= 4 is 12.0 Å². The Morgan fingerprint density at radius 1 is 1.43 bits per heavy atom. The number of benzene rings is 1. The molecule has 1 aliphatic rings. The van der Waals surface area contributed by atoms with Crippen LogP contribution in [0.2, 0.25) is 0 Å². The van der Waals surface area contributed by atoms with Gasteiger partial charge in [-0.15, -0.1) is 0 Å². The van der Waals surface area contributed by atoms with E-state index in [0.29, 0.717) is 5.56 Å². The molecule has 0 saturated heterocycles. The fourth-order valence-electron chi connectivity index (χ4n) is 2.46. The number of amides is 1. The average molecular weight is 293 g/mol. The zero-order chi connectivity index (χ0) is 15.2.